The molecule has 4 rings (SSSR count). The van der Waals surface area contributed by atoms with Crippen molar-refractivity contribution in [1.29, 1.82) is 0 Å². The van der Waals surface area contributed by atoms with Crippen LogP contribution in [0, 0.1) is 5.41 Å². The van der Waals surface area contributed by atoms with Crippen molar-refractivity contribution in [3.05, 3.63) is 103 Å². The number of nitrogens with one attached hydrogen (secondary N) is 3. The van der Waals surface area contributed by atoms with E-state index in [1.807, 2.05) is 6.92 Å². The molecule has 2 aromatic carbocycles. The van der Waals surface area contributed by atoms with Crippen LogP contribution >= 0.6 is 23.2 Å². The summed E-state index contributed by atoms with van der Waals surface area (Å²) in [6.45, 7) is 1.61. The highest BCUT2D eigenvalue weighted by molar-refractivity contribution is 6.30. The highest BCUT2D eigenvalue weighted by Gasteiger charge is 2.49. The number of esters is 1. The van der Waals surface area contributed by atoms with E-state index < -0.39 is 28.7 Å². The number of aromatic nitrogens is 1. The van der Waals surface area contributed by atoms with Crippen LogP contribution in [-0.4, -0.2) is 29.5 Å². The average molecular weight is 542 g/mol. The molecule has 3 aromatic rings. The van der Waals surface area contributed by atoms with Gasteiger partial charge in [0.25, 0.3) is 11.8 Å². The monoisotopic (exact) mass is 541 g/mol. The predicted octanol–water partition coefficient (Wildman–Crippen LogP) is 4.62. The van der Waals surface area contributed by atoms with Gasteiger partial charge in [0.2, 0.25) is 0 Å². The van der Waals surface area contributed by atoms with Crippen LogP contribution in [0.1, 0.15) is 64.2 Å². The summed E-state index contributed by atoms with van der Waals surface area (Å²) in [4.78, 5) is 52.9. The van der Waals surface area contributed by atoms with Crippen LogP contribution in [0.25, 0.3) is 0 Å². The van der Waals surface area contributed by atoms with Crippen LogP contribution < -0.4 is 16.1 Å². The zero-order valence-electron chi connectivity index (χ0n) is 20.0. The average Bonchev–Trinajstić information content (AvgIpc) is 3.70. The standard InChI is InChI=1S/C27H25Cl2N3O5/c1-2-27(11-12-27)26(36)37-15-31-25(35)21-13-22(33)20(14-30-21)24(34)32-23(16-3-7-18(28)8-4-16)17-5-9-19(29)10-6-17/h3-10,13-14,23H,2,11-12,15H2,1H3,(H,30,33)(H,31,35)(H,32,34). The number of carbonyl (C=O) groups excluding carboxylic acids is 3. The number of carbonyl (C=O) groups is 3. The minimum absolute atomic E-state index is 0.0684. The summed E-state index contributed by atoms with van der Waals surface area (Å²) in [6, 6.07) is 14.4. The maximum Gasteiger partial charge on any atom is 0.313 e. The molecular formula is C27H25Cl2N3O5. The molecular weight excluding hydrogens is 517 g/mol. The lowest BCUT2D eigenvalue weighted by Crippen LogP contribution is -2.34. The SMILES string of the molecule is CCC1(C(=O)OCNC(=O)c2cc(=O)c(C(=O)NC(c3ccc(Cl)cc3)c3ccc(Cl)cc3)c[nH]2)CC1. The van der Waals surface area contributed by atoms with Crippen LogP contribution in [0.2, 0.25) is 10.0 Å². The van der Waals surface area contributed by atoms with Crippen LogP contribution in [-0.2, 0) is 9.53 Å². The van der Waals surface area contributed by atoms with Gasteiger partial charge in [-0.15, -0.1) is 0 Å². The molecule has 0 bridgehead atoms. The quantitative estimate of drug-likeness (QED) is 0.270. The number of hydrogen-bond donors (Lipinski definition) is 3. The van der Waals surface area contributed by atoms with E-state index in [-0.39, 0.29) is 24.0 Å². The fourth-order valence-corrected chi connectivity index (χ4v) is 4.18. The van der Waals surface area contributed by atoms with Crippen LogP contribution in [0.3, 0.4) is 0 Å². The first-order valence-electron chi connectivity index (χ1n) is 11.7. The van der Waals surface area contributed by atoms with Gasteiger partial charge in [-0.2, -0.15) is 0 Å². The molecule has 1 aliphatic carbocycles. The minimum atomic E-state index is -0.646. The third kappa shape index (κ3) is 6.21. The molecule has 1 aromatic heterocycles. The van der Waals surface area contributed by atoms with E-state index in [0.717, 1.165) is 30.0 Å². The van der Waals surface area contributed by atoms with Gasteiger partial charge in [0.15, 0.2) is 12.2 Å². The molecule has 8 nitrogen and oxygen atoms in total. The molecule has 192 valence electrons. The van der Waals surface area contributed by atoms with E-state index >= 15 is 0 Å². The number of ether oxygens (including phenoxy) is 1. The van der Waals surface area contributed by atoms with Crippen molar-refractivity contribution in [2.24, 2.45) is 5.41 Å². The van der Waals surface area contributed by atoms with Gasteiger partial charge in [0.1, 0.15) is 11.3 Å². The smallest absolute Gasteiger partial charge is 0.313 e. The molecule has 1 saturated carbocycles. The molecule has 0 atom stereocenters. The summed E-state index contributed by atoms with van der Waals surface area (Å²) in [7, 11) is 0. The Morgan fingerprint density at radius 3 is 2.03 bits per heavy atom. The predicted molar refractivity (Wildman–Crippen MR) is 140 cm³/mol. The summed E-state index contributed by atoms with van der Waals surface area (Å²) < 4.78 is 5.14. The van der Waals surface area contributed by atoms with Crippen molar-refractivity contribution in [3.63, 3.8) is 0 Å². The Balaban J connectivity index is 1.45. The van der Waals surface area contributed by atoms with Crippen molar-refractivity contribution in [2.75, 3.05) is 6.73 Å². The fraction of sp³-hybridized carbons (Fsp3) is 0.259. The van der Waals surface area contributed by atoms with Gasteiger partial charge in [-0.25, -0.2) is 0 Å². The number of rotatable bonds is 9. The topological polar surface area (TPSA) is 117 Å². The summed E-state index contributed by atoms with van der Waals surface area (Å²) >= 11 is 12.0. The summed E-state index contributed by atoms with van der Waals surface area (Å²) in [6.07, 6.45) is 3.43. The normalized spacial score (nSPS) is 13.6. The van der Waals surface area contributed by atoms with E-state index in [4.69, 9.17) is 27.9 Å². The minimum Gasteiger partial charge on any atom is -0.444 e. The zero-order chi connectivity index (χ0) is 26.6. The molecule has 10 heteroatoms. The van der Waals surface area contributed by atoms with Crippen molar-refractivity contribution < 1.29 is 19.1 Å². The Morgan fingerprint density at radius 1 is 0.973 bits per heavy atom. The van der Waals surface area contributed by atoms with Gasteiger partial charge >= 0.3 is 5.97 Å². The van der Waals surface area contributed by atoms with Gasteiger partial charge in [-0.1, -0.05) is 54.4 Å². The summed E-state index contributed by atoms with van der Waals surface area (Å²) in [5.41, 5.74) is 0.184. The first-order valence-corrected chi connectivity index (χ1v) is 12.5. The van der Waals surface area contributed by atoms with Gasteiger partial charge in [0.05, 0.1) is 11.5 Å². The van der Waals surface area contributed by atoms with Gasteiger partial charge < -0.3 is 20.4 Å². The highest BCUT2D eigenvalue weighted by atomic mass is 35.5. The molecule has 1 fully saturated rings. The Bertz CT molecular complexity index is 1320. The van der Waals surface area contributed by atoms with Gasteiger partial charge in [-0.05, 0) is 54.7 Å². The van der Waals surface area contributed by atoms with Crippen molar-refractivity contribution in [1.82, 2.24) is 15.6 Å². The number of benzene rings is 2. The Labute approximate surface area is 223 Å². The van der Waals surface area contributed by atoms with Crippen molar-refractivity contribution >= 4 is 41.0 Å². The van der Waals surface area contributed by atoms with Gasteiger partial charge in [0, 0.05) is 22.3 Å². The van der Waals surface area contributed by atoms with E-state index in [9.17, 15) is 19.2 Å². The van der Waals surface area contributed by atoms with E-state index in [1.165, 1.54) is 6.20 Å². The molecule has 1 aliphatic rings. The van der Waals surface area contributed by atoms with Crippen molar-refractivity contribution in [2.45, 2.75) is 32.2 Å². The molecule has 37 heavy (non-hydrogen) atoms. The third-order valence-corrected chi connectivity index (χ3v) is 6.99. The molecule has 3 N–H and O–H groups in total. The number of halogens is 2. The molecule has 0 radical (unpaired) electrons. The molecule has 2 amide bonds. The molecule has 0 saturated heterocycles. The van der Waals surface area contributed by atoms with E-state index in [1.54, 1.807) is 48.5 Å². The number of amides is 2. The third-order valence-electron chi connectivity index (χ3n) is 6.48. The second-order valence-electron chi connectivity index (χ2n) is 8.85. The molecule has 0 spiro atoms. The first-order chi connectivity index (χ1) is 17.7. The summed E-state index contributed by atoms with van der Waals surface area (Å²) in [5.74, 6) is -1.61. The van der Waals surface area contributed by atoms with Gasteiger partial charge in [-0.3, -0.25) is 19.2 Å². The Morgan fingerprint density at radius 2 is 1.54 bits per heavy atom. The first kappa shape index (κ1) is 26.4. The molecule has 1 heterocycles. The maximum atomic E-state index is 13.1. The van der Waals surface area contributed by atoms with E-state index in [2.05, 4.69) is 15.6 Å². The zero-order valence-corrected chi connectivity index (χ0v) is 21.5. The fourth-order valence-electron chi connectivity index (χ4n) is 3.93. The Hall–Kier alpha value is -3.62. The second-order valence-corrected chi connectivity index (χ2v) is 9.72. The lowest BCUT2D eigenvalue weighted by molar-refractivity contribution is -0.150. The summed E-state index contributed by atoms with van der Waals surface area (Å²) in [5, 5.41) is 6.39. The maximum absolute atomic E-state index is 13.1. The number of hydrogen-bond acceptors (Lipinski definition) is 5. The lowest BCUT2D eigenvalue weighted by Gasteiger charge is -2.20. The molecule has 0 aliphatic heterocycles. The lowest BCUT2D eigenvalue weighted by atomic mass is 9.98. The number of pyridine rings is 1. The van der Waals surface area contributed by atoms with Crippen LogP contribution in [0.15, 0.2) is 65.6 Å². The molecule has 0 unspecified atom stereocenters. The van der Waals surface area contributed by atoms with E-state index in [0.29, 0.717) is 16.5 Å². The number of H-pyrrole nitrogens is 1. The Kier molecular flexibility index (Phi) is 8.00. The van der Waals surface area contributed by atoms with Crippen molar-refractivity contribution in [3.8, 4) is 0 Å². The second kappa shape index (κ2) is 11.2. The van der Waals surface area contributed by atoms with Crippen LogP contribution in [0.5, 0.6) is 0 Å². The highest BCUT2D eigenvalue weighted by Crippen LogP contribution is 2.49. The largest absolute Gasteiger partial charge is 0.444 e. The number of aromatic amines is 1. The van der Waals surface area contributed by atoms with Crippen LogP contribution in [0.4, 0.5) is 0 Å².